The van der Waals surface area contributed by atoms with Crippen LogP contribution in [0.5, 0.6) is 0 Å². The molecule has 0 saturated heterocycles. The second-order valence-electron chi connectivity index (χ2n) is 8.34. The SMILES string of the molecule is CN(C)CCC[C@](O)(c1ccc(F)cc1)c1ccc(C#N)cc1COC(=O)c1ccc(Cl)cc1. The van der Waals surface area contributed by atoms with Gasteiger partial charge in [0, 0.05) is 5.02 Å². The number of ether oxygens (including phenoxy) is 1. The summed E-state index contributed by atoms with van der Waals surface area (Å²) >= 11 is 5.89. The average Bonchev–Trinajstić information content (AvgIpc) is 2.82. The molecule has 0 bridgehead atoms. The minimum absolute atomic E-state index is 0.149. The first-order valence-electron chi connectivity index (χ1n) is 10.8. The number of benzene rings is 3. The zero-order chi connectivity index (χ0) is 24.7. The van der Waals surface area contributed by atoms with Gasteiger partial charge in [0.25, 0.3) is 0 Å². The molecule has 0 saturated carbocycles. The van der Waals surface area contributed by atoms with Gasteiger partial charge in [-0.15, -0.1) is 0 Å². The van der Waals surface area contributed by atoms with Gasteiger partial charge in [-0.1, -0.05) is 29.8 Å². The Balaban J connectivity index is 1.98. The maximum atomic E-state index is 13.6. The van der Waals surface area contributed by atoms with Crippen molar-refractivity contribution in [2.24, 2.45) is 0 Å². The van der Waals surface area contributed by atoms with Crippen molar-refractivity contribution in [3.63, 3.8) is 0 Å². The summed E-state index contributed by atoms with van der Waals surface area (Å²) in [4.78, 5) is 14.6. The molecule has 1 atom stereocenters. The summed E-state index contributed by atoms with van der Waals surface area (Å²) in [5, 5.41) is 21.8. The standard InChI is InChI=1S/C27H26ClFN2O3/c1-31(2)15-3-14-27(33,22-7-11-24(29)12-8-22)25-13-4-19(17-30)16-21(25)18-34-26(32)20-5-9-23(28)10-6-20/h4-13,16,33H,3,14-15,18H2,1-2H3/t27-/m0/s1. The summed E-state index contributed by atoms with van der Waals surface area (Å²) in [5.41, 5.74) is 0.749. The molecule has 0 amide bonds. The van der Waals surface area contributed by atoms with Crippen molar-refractivity contribution in [1.29, 1.82) is 5.26 Å². The number of esters is 1. The van der Waals surface area contributed by atoms with Crippen LogP contribution in [-0.4, -0.2) is 36.6 Å². The van der Waals surface area contributed by atoms with Crippen molar-refractivity contribution >= 4 is 17.6 Å². The normalized spacial score (nSPS) is 12.7. The van der Waals surface area contributed by atoms with Crippen LogP contribution in [0.3, 0.4) is 0 Å². The lowest BCUT2D eigenvalue weighted by Crippen LogP contribution is -2.30. The second kappa shape index (κ2) is 11.3. The van der Waals surface area contributed by atoms with E-state index in [4.69, 9.17) is 16.3 Å². The first kappa shape index (κ1) is 25.4. The van der Waals surface area contributed by atoms with Gasteiger partial charge in [-0.05, 0) is 98.7 Å². The molecule has 7 heteroatoms. The van der Waals surface area contributed by atoms with Crippen molar-refractivity contribution < 1.29 is 19.0 Å². The predicted molar refractivity (Wildman–Crippen MR) is 129 cm³/mol. The number of carbonyl (C=O) groups excluding carboxylic acids is 1. The Labute approximate surface area is 204 Å². The topological polar surface area (TPSA) is 73.6 Å². The Bertz CT molecular complexity index is 1170. The van der Waals surface area contributed by atoms with Crippen molar-refractivity contribution in [3.8, 4) is 6.07 Å². The number of rotatable bonds is 9. The molecule has 0 aliphatic carbocycles. The number of hydrogen-bond acceptors (Lipinski definition) is 5. The Morgan fingerprint density at radius 3 is 2.41 bits per heavy atom. The van der Waals surface area contributed by atoms with Crippen molar-refractivity contribution in [1.82, 2.24) is 4.90 Å². The van der Waals surface area contributed by atoms with Gasteiger partial charge in [0.1, 0.15) is 18.0 Å². The Kier molecular flexibility index (Phi) is 8.41. The lowest BCUT2D eigenvalue weighted by atomic mass is 9.80. The van der Waals surface area contributed by atoms with Crippen LogP contribution in [0.15, 0.2) is 66.7 Å². The lowest BCUT2D eigenvalue weighted by molar-refractivity contribution is 0.0437. The molecule has 0 unspecified atom stereocenters. The molecule has 5 nitrogen and oxygen atoms in total. The fourth-order valence-corrected chi connectivity index (χ4v) is 3.94. The highest BCUT2D eigenvalue weighted by Crippen LogP contribution is 2.37. The van der Waals surface area contributed by atoms with Crippen molar-refractivity contribution in [3.05, 3.63) is 105 Å². The molecule has 34 heavy (non-hydrogen) atoms. The monoisotopic (exact) mass is 480 g/mol. The third-order valence-electron chi connectivity index (χ3n) is 5.58. The van der Waals surface area contributed by atoms with Gasteiger partial charge in [0.15, 0.2) is 0 Å². The lowest BCUT2D eigenvalue weighted by Gasteiger charge is -2.32. The Morgan fingerprint density at radius 1 is 1.12 bits per heavy atom. The number of nitriles is 1. The van der Waals surface area contributed by atoms with Crippen molar-refractivity contribution in [2.45, 2.75) is 25.0 Å². The summed E-state index contributed by atoms with van der Waals surface area (Å²) in [5.74, 6) is -0.959. The van der Waals surface area contributed by atoms with E-state index in [1.807, 2.05) is 19.0 Å². The van der Waals surface area contributed by atoms with Gasteiger partial charge in [-0.3, -0.25) is 0 Å². The zero-order valence-electron chi connectivity index (χ0n) is 19.1. The van der Waals surface area contributed by atoms with E-state index in [1.54, 1.807) is 54.6 Å². The van der Waals surface area contributed by atoms with E-state index in [1.165, 1.54) is 12.1 Å². The minimum Gasteiger partial charge on any atom is -0.457 e. The number of carbonyl (C=O) groups is 1. The highest BCUT2D eigenvalue weighted by molar-refractivity contribution is 6.30. The Hall–Kier alpha value is -3.24. The number of hydrogen-bond donors (Lipinski definition) is 1. The van der Waals surface area contributed by atoms with Gasteiger partial charge >= 0.3 is 5.97 Å². The van der Waals surface area contributed by atoms with E-state index in [2.05, 4.69) is 6.07 Å². The average molecular weight is 481 g/mol. The molecule has 3 aromatic rings. The van der Waals surface area contributed by atoms with Gasteiger partial charge in [-0.2, -0.15) is 5.26 Å². The molecular weight excluding hydrogens is 455 g/mol. The highest BCUT2D eigenvalue weighted by atomic mass is 35.5. The largest absolute Gasteiger partial charge is 0.457 e. The number of aliphatic hydroxyl groups is 1. The van der Waals surface area contributed by atoms with Crippen LogP contribution in [0.1, 0.15) is 45.5 Å². The summed E-state index contributed by atoms with van der Waals surface area (Å²) in [6.45, 7) is 0.587. The van der Waals surface area contributed by atoms with E-state index < -0.39 is 17.4 Å². The third kappa shape index (κ3) is 6.21. The maximum Gasteiger partial charge on any atom is 0.338 e. The van der Waals surface area contributed by atoms with Crippen LogP contribution in [0.2, 0.25) is 5.02 Å². The van der Waals surface area contributed by atoms with E-state index in [0.717, 1.165) is 6.54 Å². The second-order valence-corrected chi connectivity index (χ2v) is 8.78. The smallest absolute Gasteiger partial charge is 0.338 e. The predicted octanol–water partition coefficient (Wildman–Crippen LogP) is 5.29. The van der Waals surface area contributed by atoms with Gasteiger partial charge < -0.3 is 14.7 Å². The van der Waals surface area contributed by atoms with E-state index in [-0.39, 0.29) is 6.61 Å². The van der Waals surface area contributed by atoms with Gasteiger partial charge in [0.05, 0.1) is 17.2 Å². The molecule has 0 fully saturated rings. The van der Waals surface area contributed by atoms with Crippen LogP contribution in [-0.2, 0) is 16.9 Å². The van der Waals surface area contributed by atoms with Gasteiger partial charge in [0.2, 0.25) is 0 Å². The molecule has 0 aromatic heterocycles. The van der Waals surface area contributed by atoms with E-state index in [9.17, 15) is 19.6 Å². The molecule has 1 N–H and O–H groups in total. The molecule has 0 spiro atoms. The van der Waals surface area contributed by atoms with Crippen LogP contribution in [0.4, 0.5) is 4.39 Å². The number of nitrogens with zero attached hydrogens (tertiary/aromatic N) is 2. The third-order valence-corrected chi connectivity index (χ3v) is 5.84. The minimum atomic E-state index is -1.47. The molecule has 0 radical (unpaired) electrons. The zero-order valence-corrected chi connectivity index (χ0v) is 19.8. The fourth-order valence-electron chi connectivity index (χ4n) is 3.81. The van der Waals surface area contributed by atoms with E-state index >= 15 is 0 Å². The highest BCUT2D eigenvalue weighted by Gasteiger charge is 2.34. The molecule has 176 valence electrons. The summed E-state index contributed by atoms with van der Waals surface area (Å²) in [6.07, 6.45) is 1.01. The maximum absolute atomic E-state index is 13.6. The summed E-state index contributed by atoms with van der Waals surface area (Å²) < 4.78 is 19.1. The van der Waals surface area contributed by atoms with Crippen LogP contribution >= 0.6 is 11.6 Å². The van der Waals surface area contributed by atoms with Crippen LogP contribution in [0, 0.1) is 17.1 Å². The Morgan fingerprint density at radius 2 is 1.79 bits per heavy atom. The van der Waals surface area contributed by atoms with Crippen LogP contribution < -0.4 is 0 Å². The molecule has 3 aromatic carbocycles. The van der Waals surface area contributed by atoms with E-state index in [0.29, 0.717) is 45.7 Å². The van der Waals surface area contributed by atoms with Crippen molar-refractivity contribution in [2.75, 3.05) is 20.6 Å². The first-order valence-corrected chi connectivity index (χ1v) is 11.2. The molecule has 0 aliphatic rings. The quantitative estimate of drug-likeness (QED) is 0.421. The molecule has 0 heterocycles. The van der Waals surface area contributed by atoms with Gasteiger partial charge in [-0.25, -0.2) is 9.18 Å². The first-order chi connectivity index (χ1) is 16.2. The molecule has 3 rings (SSSR count). The number of halogens is 2. The molecule has 0 aliphatic heterocycles. The molecular formula is C27H26ClFN2O3. The summed E-state index contributed by atoms with van der Waals surface area (Å²) in [6, 6.07) is 19.0. The fraction of sp³-hybridized carbons (Fsp3) is 0.259. The summed E-state index contributed by atoms with van der Waals surface area (Å²) in [7, 11) is 3.89. The van der Waals surface area contributed by atoms with Crippen LogP contribution in [0.25, 0.3) is 0 Å².